The fraction of sp³-hybridized carbons (Fsp3) is 0.133. The molecule has 0 unspecified atom stereocenters. The van der Waals surface area contributed by atoms with E-state index in [1.165, 1.54) is 20.5 Å². The molecule has 0 saturated carbocycles. The molecule has 8 heteroatoms. The van der Waals surface area contributed by atoms with Gasteiger partial charge in [-0.1, -0.05) is 0 Å². The molecule has 0 aliphatic carbocycles. The zero-order valence-electron chi connectivity index (χ0n) is 12.5. The highest BCUT2D eigenvalue weighted by molar-refractivity contribution is 5.88. The molecule has 0 aromatic carbocycles. The van der Waals surface area contributed by atoms with Crippen LogP contribution in [0.5, 0.6) is 5.88 Å². The number of aromatic nitrogens is 5. The lowest BCUT2D eigenvalue weighted by atomic mass is 10.2. The van der Waals surface area contributed by atoms with E-state index in [2.05, 4.69) is 20.1 Å². The second kappa shape index (κ2) is 6.22. The van der Waals surface area contributed by atoms with E-state index in [0.717, 1.165) is 0 Å². The number of esters is 1. The molecule has 0 aliphatic rings. The minimum absolute atomic E-state index is 0.178. The summed E-state index contributed by atoms with van der Waals surface area (Å²) in [7, 11) is 2.85. The fourth-order valence-corrected chi connectivity index (χ4v) is 2.03. The highest BCUT2D eigenvalue weighted by atomic mass is 16.5. The number of pyridine rings is 1. The Hall–Kier alpha value is -3.29. The van der Waals surface area contributed by atoms with Crippen LogP contribution in [0.1, 0.15) is 10.5 Å². The summed E-state index contributed by atoms with van der Waals surface area (Å²) in [5, 5.41) is 4.28. The third-order valence-corrected chi connectivity index (χ3v) is 3.12. The van der Waals surface area contributed by atoms with Crippen LogP contribution in [0.2, 0.25) is 0 Å². The molecule has 0 aliphatic heterocycles. The van der Waals surface area contributed by atoms with Crippen molar-refractivity contribution in [3.8, 4) is 23.0 Å². The number of carbonyl (C=O) groups excluding carboxylic acids is 1. The molecule has 3 rings (SSSR count). The Kier molecular flexibility index (Phi) is 3.96. The van der Waals surface area contributed by atoms with Crippen molar-refractivity contribution in [2.75, 3.05) is 14.2 Å². The number of nitrogens with zero attached hydrogens (tertiary/aromatic N) is 5. The van der Waals surface area contributed by atoms with Crippen LogP contribution in [-0.2, 0) is 4.74 Å². The van der Waals surface area contributed by atoms with Gasteiger partial charge in [-0.2, -0.15) is 5.10 Å². The molecular formula is C15H13N5O3. The molecule has 0 atom stereocenters. The number of methoxy groups -OCH3 is 2. The van der Waals surface area contributed by atoms with Gasteiger partial charge in [0, 0.05) is 18.3 Å². The molecule has 0 radical (unpaired) electrons. The van der Waals surface area contributed by atoms with E-state index in [-0.39, 0.29) is 5.69 Å². The van der Waals surface area contributed by atoms with E-state index >= 15 is 0 Å². The number of ether oxygens (including phenoxy) is 2. The van der Waals surface area contributed by atoms with Crippen molar-refractivity contribution in [1.82, 2.24) is 24.7 Å². The van der Waals surface area contributed by atoms with Gasteiger partial charge in [0.15, 0.2) is 5.69 Å². The normalized spacial score (nSPS) is 10.3. The number of hydrogen-bond donors (Lipinski definition) is 0. The molecule has 0 spiro atoms. The maximum atomic E-state index is 11.8. The van der Waals surface area contributed by atoms with Gasteiger partial charge in [0.2, 0.25) is 5.88 Å². The Morgan fingerprint density at radius 3 is 2.65 bits per heavy atom. The zero-order chi connectivity index (χ0) is 16.2. The average molecular weight is 311 g/mol. The molecule has 3 heterocycles. The molecule has 0 N–H and O–H groups in total. The predicted molar refractivity (Wildman–Crippen MR) is 80.3 cm³/mol. The van der Waals surface area contributed by atoms with Crippen molar-refractivity contribution in [2.24, 2.45) is 0 Å². The summed E-state index contributed by atoms with van der Waals surface area (Å²) in [6.07, 6.45) is 4.64. The smallest absolute Gasteiger partial charge is 0.358 e. The molecule has 0 saturated heterocycles. The van der Waals surface area contributed by atoms with E-state index in [1.54, 1.807) is 41.3 Å². The summed E-state index contributed by atoms with van der Waals surface area (Å²) in [5.74, 6) is -0.0433. The van der Waals surface area contributed by atoms with Gasteiger partial charge in [0.05, 0.1) is 37.5 Å². The number of carbonyl (C=O) groups is 1. The predicted octanol–water partition coefficient (Wildman–Crippen LogP) is 1.52. The monoisotopic (exact) mass is 311 g/mol. The van der Waals surface area contributed by atoms with Gasteiger partial charge in [0.1, 0.15) is 6.33 Å². The van der Waals surface area contributed by atoms with Crippen molar-refractivity contribution >= 4 is 5.97 Å². The Bertz CT molecular complexity index is 815. The van der Waals surface area contributed by atoms with E-state index in [9.17, 15) is 4.79 Å². The van der Waals surface area contributed by atoms with Gasteiger partial charge < -0.3 is 9.47 Å². The van der Waals surface area contributed by atoms with E-state index in [4.69, 9.17) is 9.47 Å². The van der Waals surface area contributed by atoms with Crippen LogP contribution in [0.15, 0.2) is 43.0 Å². The van der Waals surface area contributed by atoms with E-state index < -0.39 is 5.97 Å². The van der Waals surface area contributed by atoms with Crippen molar-refractivity contribution in [2.45, 2.75) is 0 Å². The summed E-state index contributed by atoms with van der Waals surface area (Å²) in [6, 6.07) is 6.83. The van der Waals surface area contributed by atoms with Crippen LogP contribution in [0.25, 0.3) is 17.1 Å². The Balaban J connectivity index is 2.13. The maximum Gasteiger partial charge on any atom is 0.358 e. The standard InChI is InChI=1S/C15H13N5O3/c1-22-14-4-3-10(8-17-14)20-13(11-5-6-16-9-18-11)7-12(19-20)15(21)23-2/h3-9H,1-2H3. The maximum absolute atomic E-state index is 11.8. The molecule has 3 aromatic heterocycles. The van der Waals surface area contributed by atoms with Gasteiger partial charge in [0.25, 0.3) is 0 Å². The van der Waals surface area contributed by atoms with Gasteiger partial charge in [-0.15, -0.1) is 0 Å². The SMILES string of the molecule is COC(=O)c1cc(-c2ccncn2)n(-c2ccc(OC)nc2)n1. The largest absolute Gasteiger partial charge is 0.481 e. The molecule has 8 nitrogen and oxygen atoms in total. The van der Waals surface area contributed by atoms with Crippen molar-refractivity contribution < 1.29 is 14.3 Å². The summed E-state index contributed by atoms with van der Waals surface area (Å²) in [6.45, 7) is 0. The second-order valence-electron chi connectivity index (χ2n) is 4.47. The highest BCUT2D eigenvalue weighted by Crippen LogP contribution is 2.22. The molecule has 0 fully saturated rings. The molecule has 116 valence electrons. The van der Waals surface area contributed by atoms with E-state index in [0.29, 0.717) is 23.0 Å². The number of rotatable bonds is 4. The summed E-state index contributed by atoms with van der Waals surface area (Å²) >= 11 is 0. The fourth-order valence-electron chi connectivity index (χ4n) is 2.03. The molecule has 0 amide bonds. The molecular weight excluding hydrogens is 298 g/mol. The third-order valence-electron chi connectivity index (χ3n) is 3.12. The van der Waals surface area contributed by atoms with E-state index in [1.807, 2.05) is 0 Å². The summed E-state index contributed by atoms with van der Waals surface area (Å²) in [4.78, 5) is 24.0. The minimum atomic E-state index is -0.527. The molecule has 3 aromatic rings. The van der Waals surface area contributed by atoms with Crippen LogP contribution >= 0.6 is 0 Å². The lowest BCUT2D eigenvalue weighted by molar-refractivity contribution is 0.0593. The van der Waals surface area contributed by atoms with Gasteiger partial charge in [-0.05, 0) is 12.1 Å². The van der Waals surface area contributed by atoms with Crippen LogP contribution < -0.4 is 4.74 Å². The Morgan fingerprint density at radius 1 is 1.17 bits per heavy atom. The van der Waals surface area contributed by atoms with Crippen LogP contribution in [-0.4, -0.2) is 44.9 Å². The quantitative estimate of drug-likeness (QED) is 0.674. The van der Waals surface area contributed by atoms with Crippen LogP contribution in [0.3, 0.4) is 0 Å². The Morgan fingerprint density at radius 2 is 2.04 bits per heavy atom. The first-order valence-electron chi connectivity index (χ1n) is 6.68. The molecule has 0 bridgehead atoms. The lowest BCUT2D eigenvalue weighted by Gasteiger charge is -2.07. The number of hydrogen-bond acceptors (Lipinski definition) is 7. The van der Waals surface area contributed by atoms with Gasteiger partial charge >= 0.3 is 5.97 Å². The summed E-state index contributed by atoms with van der Waals surface area (Å²) < 4.78 is 11.3. The third kappa shape index (κ3) is 2.86. The molecule has 23 heavy (non-hydrogen) atoms. The van der Waals surface area contributed by atoms with Gasteiger partial charge in [-0.3, -0.25) is 0 Å². The first-order valence-corrected chi connectivity index (χ1v) is 6.68. The lowest BCUT2D eigenvalue weighted by Crippen LogP contribution is -2.05. The van der Waals surface area contributed by atoms with Gasteiger partial charge in [-0.25, -0.2) is 24.4 Å². The van der Waals surface area contributed by atoms with Crippen molar-refractivity contribution in [3.63, 3.8) is 0 Å². The first kappa shape index (κ1) is 14.6. The average Bonchev–Trinajstić information content (AvgIpc) is 3.07. The minimum Gasteiger partial charge on any atom is -0.481 e. The highest BCUT2D eigenvalue weighted by Gasteiger charge is 2.18. The Labute approximate surface area is 131 Å². The first-order chi connectivity index (χ1) is 11.2. The summed E-state index contributed by atoms with van der Waals surface area (Å²) in [5.41, 5.74) is 2.09. The van der Waals surface area contributed by atoms with Crippen LogP contribution in [0.4, 0.5) is 0 Å². The zero-order valence-corrected chi connectivity index (χ0v) is 12.5. The van der Waals surface area contributed by atoms with Crippen molar-refractivity contribution in [3.05, 3.63) is 48.7 Å². The van der Waals surface area contributed by atoms with Crippen LogP contribution in [0, 0.1) is 0 Å². The van der Waals surface area contributed by atoms with Crippen molar-refractivity contribution in [1.29, 1.82) is 0 Å². The second-order valence-corrected chi connectivity index (χ2v) is 4.47. The topological polar surface area (TPSA) is 92.0 Å².